The van der Waals surface area contributed by atoms with Crippen molar-refractivity contribution in [1.29, 1.82) is 0 Å². The normalized spacial score (nSPS) is 15.7. The molecule has 0 spiro atoms. The molecule has 0 aromatic heterocycles. The van der Waals surface area contributed by atoms with Gasteiger partial charge in [0.15, 0.2) is 11.5 Å². The minimum absolute atomic E-state index is 0.355. The van der Waals surface area contributed by atoms with Crippen molar-refractivity contribution in [2.24, 2.45) is 0 Å². The average Bonchev–Trinajstić information content (AvgIpc) is 2.74. The molecule has 3 N–H and O–H groups in total. The van der Waals surface area contributed by atoms with Gasteiger partial charge >= 0.3 is 6.03 Å². The molecule has 0 aliphatic carbocycles. The summed E-state index contributed by atoms with van der Waals surface area (Å²) in [7, 11) is 3.07. The Morgan fingerprint density at radius 1 is 1.07 bits per heavy atom. The number of urea groups is 1. The van der Waals surface area contributed by atoms with E-state index in [0.29, 0.717) is 46.4 Å². The summed E-state index contributed by atoms with van der Waals surface area (Å²) in [6.45, 7) is 4.04. The highest BCUT2D eigenvalue weighted by Gasteiger charge is 2.32. The van der Waals surface area contributed by atoms with Crippen LogP contribution in [0.25, 0.3) is 0 Å². The summed E-state index contributed by atoms with van der Waals surface area (Å²) in [5, 5.41) is 8.37. The van der Waals surface area contributed by atoms with Crippen LogP contribution in [0.4, 0.5) is 10.5 Å². The van der Waals surface area contributed by atoms with Gasteiger partial charge < -0.3 is 30.2 Å². The Bertz CT molecular complexity index is 986. The maximum absolute atomic E-state index is 13.2. The third-order valence-electron chi connectivity index (χ3n) is 4.69. The number of benzene rings is 2. The van der Waals surface area contributed by atoms with Crippen molar-refractivity contribution in [3.63, 3.8) is 0 Å². The van der Waals surface area contributed by atoms with E-state index in [2.05, 4.69) is 16.0 Å². The van der Waals surface area contributed by atoms with Crippen LogP contribution < -0.4 is 30.2 Å². The number of hydrogen-bond donors (Lipinski definition) is 3. The topological polar surface area (TPSA) is 97.9 Å². The number of hydrogen-bond acceptors (Lipinski definition) is 5. The van der Waals surface area contributed by atoms with Crippen LogP contribution in [-0.4, -0.2) is 32.8 Å². The minimum atomic E-state index is -0.669. The first kappa shape index (κ1) is 21.0. The quantitative estimate of drug-likeness (QED) is 0.649. The van der Waals surface area contributed by atoms with E-state index >= 15 is 0 Å². The number of para-hydroxylation sites is 2. The van der Waals surface area contributed by atoms with Gasteiger partial charge in [0, 0.05) is 5.70 Å². The Morgan fingerprint density at radius 3 is 2.50 bits per heavy atom. The highest BCUT2D eigenvalue weighted by molar-refractivity contribution is 6.07. The van der Waals surface area contributed by atoms with Gasteiger partial charge in [-0.3, -0.25) is 4.79 Å². The predicted molar refractivity (Wildman–Crippen MR) is 113 cm³/mol. The van der Waals surface area contributed by atoms with Crippen molar-refractivity contribution in [2.75, 3.05) is 26.1 Å². The van der Waals surface area contributed by atoms with E-state index in [0.717, 1.165) is 0 Å². The second kappa shape index (κ2) is 9.21. The number of anilines is 1. The van der Waals surface area contributed by atoms with E-state index in [4.69, 9.17) is 14.2 Å². The number of allylic oxidation sites excluding steroid dienone is 1. The summed E-state index contributed by atoms with van der Waals surface area (Å²) in [4.78, 5) is 25.4. The first-order chi connectivity index (χ1) is 14.5. The molecule has 8 heteroatoms. The zero-order valence-electron chi connectivity index (χ0n) is 17.4. The number of carbonyl (C=O) groups is 2. The molecule has 30 heavy (non-hydrogen) atoms. The van der Waals surface area contributed by atoms with Crippen LogP contribution in [0.2, 0.25) is 0 Å². The standard InChI is InChI=1S/C22H25N3O5/c1-5-30-16-9-7-6-8-15(16)24-21(26)19-13(2)23-22(27)25-20(19)14-10-11-17(28-3)18(12-14)29-4/h6-12,20H,5H2,1-4H3,(H,24,26)(H2,23,25,27). The molecule has 0 saturated heterocycles. The minimum Gasteiger partial charge on any atom is -0.493 e. The molecule has 1 atom stereocenters. The fraction of sp³-hybridized carbons (Fsp3) is 0.273. The van der Waals surface area contributed by atoms with Crippen LogP contribution in [0, 0.1) is 0 Å². The van der Waals surface area contributed by atoms with Gasteiger partial charge in [0.2, 0.25) is 0 Å². The maximum Gasteiger partial charge on any atom is 0.319 e. The number of nitrogens with one attached hydrogen (secondary N) is 3. The molecule has 0 bridgehead atoms. The maximum atomic E-state index is 13.2. The molecule has 1 aliphatic heterocycles. The fourth-order valence-electron chi connectivity index (χ4n) is 3.32. The van der Waals surface area contributed by atoms with E-state index < -0.39 is 12.1 Å². The van der Waals surface area contributed by atoms with Crippen molar-refractivity contribution in [1.82, 2.24) is 10.6 Å². The Labute approximate surface area is 175 Å². The van der Waals surface area contributed by atoms with Crippen LogP contribution in [-0.2, 0) is 4.79 Å². The SMILES string of the molecule is CCOc1ccccc1NC(=O)C1=C(C)NC(=O)NC1c1ccc(OC)c(OC)c1. The van der Waals surface area contributed by atoms with Crippen molar-refractivity contribution in [3.05, 3.63) is 59.3 Å². The Hall–Kier alpha value is -3.68. The lowest BCUT2D eigenvalue weighted by Gasteiger charge is -2.29. The fourth-order valence-corrected chi connectivity index (χ4v) is 3.32. The number of rotatable bonds is 7. The number of ether oxygens (including phenoxy) is 3. The third kappa shape index (κ3) is 4.32. The van der Waals surface area contributed by atoms with Crippen molar-refractivity contribution in [2.45, 2.75) is 19.9 Å². The molecule has 2 aromatic carbocycles. The molecule has 1 aliphatic rings. The Morgan fingerprint density at radius 2 is 1.80 bits per heavy atom. The second-order valence-electron chi connectivity index (χ2n) is 6.57. The smallest absolute Gasteiger partial charge is 0.319 e. The number of amides is 3. The van der Waals surface area contributed by atoms with Crippen molar-refractivity contribution in [3.8, 4) is 17.2 Å². The highest BCUT2D eigenvalue weighted by Crippen LogP contribution is 2.35. The summed E-state index contributed by atoms with van der Waals surface area (Å²) in [5.41, 5.74) is 2.08. The van der Waals surface area contributed by atoms with E-state index in [9.17, 15) is 9.59 Å². The Kier molecular flexibility index (Phi) is 6.46. The zero-order valence-corrected chi connectivity index (χ0v) is 17.4. The summed E-state index contributed by atoms with van der Waals surface area (Å²) in [5.74, 6) is 1.27. The van der Waals surface area contributed by atoms with Gasteiger partial charge in [0.1, 0.15) is 5.75 Å². The molecule has 2 aromatic rings. The average molecular weight is 411 g/mol. The largest absolute Gasteiger partial charge is 0.493 e. The molecule has 1 heterocycles. The molecule has 1 unspecified atom stereocenters. The van der Waals surface area contributed by atoms with Gasteiger partial charge in [0.25, 0.3) is 5.91 Å². The third-order valence-corrected chi connectivity index (χ3v) is 4.69. The zero-order chi connectivity index (χ0) is 21.7. The van der Waals surface area contributed by atoms with Crippen molar-refractivity contribution >= 4 is 17.6 Å². The van der Waals surface area contributed by atoms with E-state index in [1.54, 1.807) is 44.4 Å². The van der Waals surface area contributed by atoms with Crippen LogP contribution in [0.15, 0.2) is 53.7 Å². The van der Waals surface area contributed by atoms with E-state index in [1.165, 1.54) is 7.11 Å². The lowest BCUT2D eigenvalue weighted by molar-refractivity contribution is -0.113. The number of carbonyl (C=O) groups excluding carboxylic acids is 2. The lowest BCUT2D eigenvalue weighted by atomic mass is 9.94. The van der Waals surface area contributed by atoms with E-state index in [1.807, 2.05) is 19.1 Å². The molecule has 8 nitrogen and oxygen atoms in total. The second-order valence-corrected chi connectivity index (χ2v) is 6.57. The first-order valence-electron chi connectivity index (χ1n) is 9.51. The monoisotopic (exact) mass is 411 g/mol. The molecule has 0 saturated carbocycles. The molecule has 3 amide bonds. The molecule has 158 valence electrons. The van der Waals surface area contributed by atoms with Gasteiger partial charge in [0.05, 0.1) is 38.1 Å². The molecular formula is C22H25N3O5. The van der Waals surface area contributed by atoms with Crippen molar-refractivity contribution < 1.29 is 23.8 Å². The van der Waals surface area contributed by atoms with Gasteiger partial charge in [-0.05, 0) is 43.7 Å². The summed E-state index contributed by atoms with van der Waals surface area (Å²) in [6, 6.07) is 11.4. The number of methoxy groups -OCH3 is 2. The van der Waals surface area contributed by atoms with Gasteiger partial charge in [-0.1, -0.05) is 18.2 Å². The molecule has 0 fully saturated rings. The van der Waals surface area contributed by atoms with Crippen LogP contribution >= 0.6 is 0 Å². The van der Waals surface area contributed by atoms with E-state index in [-0.39, 0.29) is 5.91 Å². The predicted octanol–water partition coefficient (Wildman–Crippen LogP) is 3.37. The van der Waals surface area contributed by atoms with Gasteiger partial charge in [-0.25, -0.2) is 4.79 Å². The molecule has 0 radical (unpaired) electrons. The van der Waals surface area contributed by atoms with Crippen LogP contribution in [0.3, 0.4) is 0 Å². The van der Waals surface area contributed by atoms with Gasteiger partial charge in [-0.15, -0.1) is 0 Å². The highest BCUT2D eigenvalue weighted by atomic mass is 16.5. The lowest BCUT2D eigenvalue weighted by Crippen LogP contribution is -2.46. The van der Waals surface area contributed by atoms with Gasteiger partial charge in [-0.2, -0.15) is 0 Å². The summed E-state index contributed by atoms with van der Waals surface area (Å²) >= 11 is 0. The summed E-state index contributed by atoms with van der Waals surface area (Å²) in [6.07, 6.45) is 0. The molecular weight excluding hydrogens is 386 g/mol. The Balaban J connectivity index is 1.97. The summed E-state index contributed by atoms with van der Waals surface area (Å²) < 4.78 is 16.2. The molecule has 3 rings (SSSR count). The van der Waals surface area contributed by atoms with Crippen LogP contribution in [0.5, 0.6) is 17.2 Å². The van der Waals surface area contributed by atoms with Crippen LogP contribution in [0.1, 0.15) is 25.5 Å². The first-order valence-corrected chi connectivity index (χ1v) is 9.51.